The molecule has 1 N–H and O–H groups in total. The molecule has 0 radical (unpaired) electrons. The van der Waals surface area contributed by atoms with E-state index in [1.165, 1.54) is 10.5 Å². The molecule has 66 valence electrons. The van der Waals surface area contributed by atoms with E-state index in [0.29, 0.717) is 0 Å². The molecule has 0 aliphatic carbocycles. The van der Waals surface area contributed by atoms with Gasteiger partial charge in [0, 0.05) is 17.2 Å². The van der Waals surface area contributed by atoms with Crippen molar-refractivity contribution < 1.29 is 0 Å². The number of thioether (sulfide) groups is 1. The summed E-state index contributed by atoms with van der Waals surface area (Å²) in [5, 5.41) is 3.13. The summed E-state index contributed by atoms with van der Waals surface area (Å²) in [6, 6.07) is 8.62. The van der Waals surface area contributed by atoms with E-state index in [-0.39, 0.29) is 0 Å². The Morgan fingerprint density at radius 1 is 1.42 bits per heavy atom. The van der Waals surface area contributed by atoms with E-state index < -0.39 is 0 Å². The first-order valence-corrected chi connectivity index (χ1v) is 5.15. The highest BCUT2D eigenvalue weighted by atomic mass is 32.2. The summed E-state index contributed by atoms with van der Waals surface area (Å²) in [4.78, 5) is 1.37. The van der Waals surface area contributed by atoms with Crippen molar-refractivity contribution in [3.63, 3.8) is 0 Å². The molecule has 0 bridgehead atoms. The molecule has 1 rings (SSSR count). The fourth-order valence-electron chi connectivity index (χ4n) is 0.976. The highest BCUT2D eigenvalue weighted by Gasteiger charge is 1.92. The first-order chi connectivity index (χ1) is 5.83. The molecule has 0 spiro atoms. The SMILES string of the molecule is CNCCSc1cccc(C)c1. The summed E-state index contributed by atoms with van der Waals surface area (Å²) in [7, 11) is 1.98. The lowest BCUT2D eigenvalue weighted by atomic mass is 10.2. The molecular weight excluding hydrogens is 166 g/mol. The van der Waals surface area contributed by atoms with Crippen molar-refractivity contribution in [2.75, 3.05) is 19.3 Å². The monoisotopic (exact) mass is 181 g/mol. The van der Waals surface area contributed by atoms with Crippen LogP contribution < -0.4 is 5.32 Å². The predicted molar refractivity (Wildman–Crippen MR) is 55.8 cm³/mol. The number of rotatable bonds is 4. The van der Waals surface area contributed by atoms with Crippen LogP contribution in [0, 0.1) is 6.92 Å². The van der Waals surface area contributed by atoms with Crippen LogP contribution in [-0.4, -0.2) is 19.3 Å². The minimum absolute atomic E-state index is 1.07. The van der Waals surface area contributed by atoms with Gasteiger partial charge in [-0.15, -0.1) is 11.8 Å². The number of benzene rings is 1. The maximum atomic E-state index is 3.13. The summed E-state index contributed by atoms with van der Waals surface area (Å²) in [5.41, 5.74) is 1.34. The van der Waals surface area contributed by atoms with Gasteiger partial charge in [0.05, 0.1) is 0 Å². The van der Waals surface area contributed by atoms with Gasteiger partial charge >= 0.3 is 0 Å². The van der Waals surface area contributed by atoms with E-state index in [1.807, 2.05) is 18.8 Å². The Morgan fingerprint density at radius 3 is 2.92 bits per heavy atom. The Hall–Kier alpha value is -0.470. The minimum atomic E-state index is 1.07. The molecule has 0 amide bonds. The zero-order chi connectivity index (χ0) is 8.81. The molecule has 0 unspecified atom stereocenters. The normalized spacial score (nSPS) is 10.2. The molecule has 0 heterocycles. The van der Waals surface area contributed by atoms with Crippen molar-refractivity contribution >= 4 is 11.8 Å². The largest absolute Gasteiger partial charge is 0.319 e. The van der Waals surface area contributed by atoms with Crippen LogP contribution in [0.3, 0.4) is 0 Å². The van der Waals surface area contributed by atoms with Gasteiger partial charge in [-0.2, -0.15) is 0 Å². The summed E-state index contributed by atoms with van der Waals surface area (Å²) in [6.07, 6.45) is 0. The van der Waals surface area contributed by atoms with E-state index in [9.17, 15) is 0 Å². The second-order valence-corrected chi connectivity index (χ2v) is 3.94. The molecule has 0 atom stereocenters. The fourth-order valence-corrected chi connectivity index (χ4v) is 1.96. The summed E-state index contributed by atoms with van der Waals surface area (Å²) < 4.78 is 0. The van der Waals surface area contributed by atoms with Crippen molar-refractivity contribution in [1.82, 2.24) is 5.32 Å². The Bertz CT molecular complexity index is 235. The molecule has 0 saturated carbocycles. The van der Waals surface area contributed by atoms with Crippen LogP contribution >= 0.6 is 11.8 Å². The first kappa shape index (κ1) is 9.62. The number of hydrogen-bond acceptors (Lipinski definition) is 2. The molecule has 0 fully saturated rings. The molecule has 2 heteroatoms. The van der Waals surface area contributed by atoms with Gasteiger partial charge in [-0.3, -0.25) is 0 Å². The zero-order valence-electron chi connectivity index (χ0n) is 7.63. The van der Waals surface area contributed by atoms with Crippen molar-refractivity contribution in [3.8, 4) is 0 Å². The number of nitrogens with one attached hydrogen (secondary N) is 1. The van der Waals surface area contributed by atoms with Crippen molar-refractivity contribution in [3.05, 3.63) is 29.8 Å². The van der Waals surface area contributed by atoms with E-state index in [2.05, 4.69) is 36.5 Å². The molecule has 0 aliphatic rings. The van der Waals surface area contributed by atoms with Gasteiger partial charge in [0.2, 0.25) is 0 Å². The van der Waals surface area contributed by atoms with Crippen LogP contribution in [0.25, 0.3) is 0 Å². The van der Waals surface area contributed by atoms with Crippen molar-refractivity contribution in [2.45, 2.75) is 11.8 Å². The second kappa shape index (κ2) is 5.22. The van der Waals surface area contributed by atoms with Crippen LogP contribution in [0.1, 0.15) is 5.56 Å². The van der Waals surface area contributed by atoms with Crippen LogP contribution in [0.15, 0.2) is 29.2 Å². The average molecular weight is 181 g/mol. The van der Waals surface area contributed by atoms with Crippen molar-refractivity contribution in [1.29, 1.82) is 0 Å². The summed E-state index contributed by atoms with van der Waals surface area (Å²) >= 11 is 1.90. The van der Waals surface area contributed by atoms with Crippen LogP contribution in [0.4, 0.5) is 0 Å². The Morgan fingerprint density at radius 2 is 2.25 bits per heavy atom. The molecule has 0 saturated heterocycles. The van der Waals surface area contributed by atoms with Crippen LogP contribution in [0.5, 0.6) is 0 Å². The highest BCUT2D eigenvalue weighted by molar-refractivity contribution is 7.99. The van der Waals surface area contributed by atoms with E-state index >= 15 is 0 Å². The molecular formula is C10H15NS. The third-order valence-corrected chi connectivity index (χ3v) is 2.61. The number of hydrogen-bond donors (Lipinski definition) is 1. The standard InChI is InChI=1S/C10H15NS/c1-9-4-3-5-10(8-9)12-7-6-11-2/h3-5,8,11H,6-7H2,1-2H3. The van der Waals surface area contributed by atoms with Gasteiger partial charge in [-0.1, -0.05) is 17.7 Å². The first-order valence-electron chi connectivity index (χ1n) is 4.17. The van der Waals surface area contributed by atoms with Gasteiger partial charge in [-0.05, 0) is 26.1 Å². The maximum Gasteiger partial charge on any atom is 0.0105 e. The van der Waals surface area contributed by atoms with Crippen LogP contribution in [0.2, 0.25) is 0 Å². The van der Waals surface area contributed by atoms with E-state index in [4.69, 9.17) is 0 Å². The third-order valence-electron chi connectivity index (χ3n) is 1.61. The Labute approximate surface area is 78.6 Å². The highest BCUT2D eigenvalue weighted by Crippen LogP contribution is 2.17. The van der Waals surface area contributed by atoms with Gasteiger partial charge in [0.1, 0.15) is 0 Å². The Kier molecular flexibility index (Phi) is 4.19. The minimum Gasteiger partial charge on any atom is -0.319 e. The molecule has 0 aromatic heterocycles. The lowest BCUT2D eigenvalue weighted by Crippen LogP contribution is -2.09. The lowest BCUT2D eigenvalue weighted by molar-refractivity contribution is 0.872. The fraction of sp³-hybridized carbons (Fsp3) is 0.400. The van der Waals surface area contributed by atoms with Crippen molar-refractivity contribution in [2.24, 2.45) is 0 Å². The molecule has 1 aromatic rings. The predicted octanol–water partition coefficient (Wildman–Crippen LogP) is 2.31. The van der Waals surface area contributed by atoms with E-state index in [0.717, 1.165) is 12.3 Å². The number of aryl methyl sites for hydroxylation is 1. The Balaban J connectivity index is 2.41. The van der Waals surface area contributed by atoms with Crippen LogP contribution in [-0.2, 0) is 0 Å². The van der Waals surface area contributed by atoms with Gasteiger partial charge in [-0.25, -0.2) is 0 Å². The molecule has 1 aromatic carbocycles. The zero-order valence-corrected chi connectivity index (χ0v) is 8.45. The van der Waals surface area contributed by atoms with Gasteiger partial charge in [0.15, 0.2) is 0 Å². The quantitative estimate of drug-likeness (QED) is 0.565. The summed E-state index contributed by atoms with van der Waals surface area (Å²) in [6.45, 7) is 3.20. The maximum absolute atomic E-state index is 3.13. The third kappa shape index (κ3) is 3.28. The van der Waals surface area contributed by atoms with E-state index in [1.54, 1.807) is 0 Å². The van der Waals surface area contributed by atoms with Gasteiger partial charge in [0.25, 0.3) is 0 Å². The smallest absolute Gasteiger partial charge is 0.0105 e. The van der Waals surface area contributed by atoms with Gasteiger partial charge < -0.3 is 5.32 Å². The topological polar surface area (TPSA) is 12.0 Å². The molecule has 1 nitrogen and oxygen atoms in total. The summed E-state index contributed by atoms with van der Waals surface area (Å²) in [5.74, 6) is 1.14. The molecule has 0 aliphatic heterocycles. The second-order valence-electron chi connectivity index (χ2n) is 2.77. The average Bonchev–Trinajstić information content (AvgIpc) is 2.05. The molecule has 12 heavy (non-hydrogen) atoms. The lowest BCUT2D eigenvalue weighted by Gasteiger charge is -2.01.